The van der Waals surface area contributed by atoms with Crippen LogP contribution in [0.4, 0.5) is 14.5 Å². The minimum absolute atomic E-state index is 0.176. The van der Waals surface area contributed by atoms with E-state index >= 15 is 0 Å². The lowest BCUT2D eigenvalue weighted by Gasteiger charge is -2.21. The van der Waals surface area contributed by atoms with Crippen LogP contribution in [0.25, 0.3) is 0 Å². The molecule has 1 atom stereocenters. The van der Waals surface area contributed by atoms with Gasteiger partial charge in [-0.05, 0) is 13.8 Å². The highest BCUT2D eigenvalue weighted by atomic mass is 19.3. The molecule has 1 unspecified atom stereocenters. The second-order valence-electron chi connectivity index (χ2n) is 5.16. The van der Waals surface area contributed by atoms with Crippen molar-refractivity contribution in [2.45, 2.75) is 32.2 Å². The van der Waals surface area contributed by atoms with Crippen molar-refractivity contribution in [2.24, 2.45) is 0 Å². The fourth-order valence-corrected chi connectivity index (χ4v) is 2.43. The highest BCUT2D eigenvalue weighted by molar-refractivity contribution is 5.93. The lowest BCUT2D eigenvalue weighted by Crippen LogP contribution is -2.39. The fraction of sp³-hybridized carbons (Fsp3) is 0.667. The first kappa shape index (κ1) is 14.9. The van der Waals surface area contributed by atoms with Crippen LogP contribution in [-0.4, -0.2) is 57.8 Å². The SMILES string of the molecule is Cc1n[nH]c(C)c1NC(=O)CN1CC(F)(F)CC1CO. The van der Waals surface area contributed by atoms with Crippen LogP contribution in [0.1, 0.15) is 17.8 Å². The Morgan fingerprint density at radius 2 is 2.30 bits per heavy atom. The summed E-state index contributed by atoms with van der Waals surface area (Å²) in [7, 11) is 0. The Labute approximate surface area is 115 Å². The van der Waals surface area contributed by atoms with Crippen molar-refractivity contribution in [2.75, 3.05) is 25.0 Å². The molecule has 1 aliphatic rings. The fourth-order valence-electron chi connectivity index (χ4n) is 2.43. The Balaban J connectivity index is 1.98. The van der Waals surface area contributed by atoms with Crippen molar-refractivity contribution in [3.8, 4) is 0 Å². The molecule has 1 aliphatic heterocycles. The van der Waals surface area contributed by atoms with E-state index in [9.17, 15) is 13.6 Å². The van der Waals surface area contributed by atoms with Crippen molar-refractivity contribution < 1.29 is 18.7 Å². The van der Waals surface area contributed by atoms with Crippen LogP contribution in [0.15, 0.2) is 0 Å². The zero-order chi connectivity index (χ0) is 14.9. The van der Waals surface area contributed by atoms with E-state index in [2.05, 4.69) is 15.5 Å². The highest BCUT2D eigenvalue weighted by Gasteiger charge is 2.45. The van der Waals surface area contributed by atoms with Gasteiger partial charge in [-0.1, -0.05) is 0 Å². The Hall–Kier alpha value is -1.54. The molecule has 0 saturated carbocycles. The first-order valence-corrected chi connectivity index (χ1v) is 6.36. The molecule has 0 bridgehead atoms. The monoisotopic (exact) mass is 288 g/mol. The van der Waals surface area contributed by atoms with E-state index in [0.29, 0.717) is 17.1 Å². The largest absolute Gasteiger partial charge is 0.395 e. The van der Waals surface area contributed by atoms with Gasteiger partial charge in [0.25, 0.3) is 5.92 Å². The molecule has 0 aromatic carbocycles. The first-order valence-electron chi connectivity index (χ1n) is 6.36. The number of nitrogens with one attached hydrogen (secondary N) is 2. The second-order valence-corrected chi connectivity index (χ2v) is 5.16. The van der Waals surface area contributed by atoms with Crippen LogP contribution in [-0.2, 0) is 4.79 Å². The summed E-state index contributed by atoms with van der Waals surface area (Å²) in [5.41, 5.74) is 1.92. The molecule has 1 amide bonds. The van der Waals surface area contributed by atoms with Crippen LogP contribution in [0.5, 0.6) is 0 Å². The molecule has 112 valence electrons. The number of likely N-dealkylation sites (tertiary alicyclic amines) is 1. The number of rotatable bonds is 4. The minimum atomic E-state index is -2.85. The number of hydrogen-bond acceptors (Lipinski definition) is 4. The zero-order valence-corrected chi connectivity index (χ0v) is 11.4. The number of hydrogen-bond donors (Lipinski definition) is 3. The number of H-pyrrole nitrogens is 1. The standard InChI is InChI=1S/C12H18F2N4O2/c1-7-11(8(2)17-16-7)15-10(20)4-18-6-12(13,14)3-9(18)5-19/h9,19H,3-6H2,1-2H3,(H,15,20)(H,16,17). The molecule has 0 spiro atoms. The van der Waals surface area contributed by atoms with Gasteiger partial charge in [0.05, 0.1) is 36.8 Å². The molecule has 0 radical (unpaired) electrons. The maximum absolute atomic E-state index is 13.3. The average molecular weight is 288 g/mol. The first-order chi connectivity index (χ1) is 9.32. The third kappa shape index (κ3) is 3.13. The van der Waals surface area contributed by atoms with E-state index < -0.39 is 30.8 Å². The van der Waals surface area contributed by atoms with Gasteiger partial charge in [-0.2, -0.15) is 5.10 Å². The van der Waals surface area contributed by atoms with Gasteiger partial charge < -0.3 is 10.4 Å². The van der Waals surface area contributed by atoms with Crippen molar-refractivity contribution >= 4 is 11.6 Å². The van der Waals surface area contributed by atoms with Crippen molar-refractivity contribution in [3.05, 3.63) is 11.4 Å². The summed E-state index contributed by atoms with van der Waals surface area (Å²) >= 11 is 0. The number of aromatic amines is 1. The molecule has 0 aliphatic carbocycles. The smallest absolute Gasteiger partial charge is 0.262 e. The van der Waals surface area contributed by atoms with Gasteiger partial charge >= 0.3 is 0 Å². The van der Waals surface area contributed by atoms with E-state index in [-0.39, 0.29) is 13.2 Å². The third-order valence-corrected chi connectivity index (χ3v) is 3.44. The van der Waals surface area contributed by atoms with Crippen LogP contribution in [0.3, 0.4) is 0 Å². The minimum Gasteiger partial charge on any atom is -0.395 e. The number of aryl methyl sites for hydroxylation is 2. The van der Waals surface area contributed by atoms with Gasteiger partial charge in [0.15, 0.2) is 0 Å². The van der Waals surface area contributed by atoms with E-state index in [1.807, 2.05) is 0 Å². The van der Waals surface area contributed by atoms with Crippen molar-refractivity contribution in [1.29, 1.82) is 0 Å². The average Bonchev–Trinajstić information content (AvgIpc) is 2.82. The molecule has 2 heterocycles. The van der Waals surface area contributed by atoms with Crippen LogP contribution < -0.4 is 5.32 Å². The second kappa shape index (κ2) is 5.45. The lowest BCUT2D eigenvalue weighted by atomic mass is 10.2. The topological polar surface area (TPSA) is 81.2 Å². The Morgan fingerprint density at radius 3 is 2.85 bits per heavy atom. The van der Waals surface area contributed by atoms with Gasteiger partial charge in [0.1, 0.15) is 0 Å². The van der Waals surface area contributed by atoms with Gasteiger partial charge in [0, 0.05) is 12.5 Å². The summed E-state index contributed by atoms with van der Waals surface area (Å²) in [5.74, 6) is -3.25. The Kier molecular flexibility index (Phi) is 4.05. The zero-order valence-electron chi connectivity index (χ0n) is 11.4. The third-order valence-electron chi connectivity index (χ3n) is 3.44. The molecule has 8 heteroatoms. The number of halogens is 2. The van der Waals surface area contributed by atoms with Crippen LogP contribution >= 0.6 is 0 Å². The summed E-state index contributed by atoms with van der Waals surface area (Å²) in [5, 5.41) is 18.4. The number of carbonyl (C=O) groups is 1. The van der Waals surface area contributed by atoms with E-state index in [0.717, 1.165) is 0 Å². The van der Waals surface area contributed by atoms with Gasteiger partial charge in [-0.15, -0.1) is 0 Å². The van der Waals surface area contributed by atoms with Gasteiger partial charge in [0.2, 0.25) is 5.91 Å². The molecule has 1 fully saturated rings. The molecular formula is C12H18F2N4O2. The summed E-state index contributed by atoms with van der Waals surface area (Å²) < 4.78 is 26.6. The Morgan fingerprint density at radius 1 is 1.60 bits per heavy atom. The number of aliphatic hydroxyl groups excluding tert-OH is 1. The number of aliphatic hydroxyl groups is 1. The number of amides is 1. The summed E-state index contributed by atoms with van der Waals surface area (Å²) in [6.07, 6.45) is -0.416. The van der Waals surface area contributed by atoms with Crippen LogP contribution in [0.2, 0.25) is 0 Å². The van der Waals surface area contributed by atoms with E-state index in [1.165, 1.54) is 4.90 Å². The van der Waals surface area contributed by atoms with Gasteiger partial charge in [-0.3, -0.25) is 14.8 Å². The Bertz CT molecular complexity index is 484. The number of carbonyl (C=O) groups excluding carboxylic acids is 1. The molecule has 1 aromatic rings. The normalized spacial score (nSPS) is 22.1. The number of anilines is 1. The van der Waals surface area contributed by atoms with E-state index in [4.69, 9.17) is 5.11 Å². The maximum atomic E-state index is 13.3. The number of aromatic nitrogens is 2. The molecule has 1 saturated heterocycles. The molecule has 6 nitrogen and oxygen atoms in total. The predicted octanol–water partition coefficient (Wildman–Crippen LogP) is 0.667. The number of alkyl halides is 2. The predicted molar refractivity (Wildman–Crippen MR) is 68.7 cm³/mol. The molecular weight excluding hydrogens is 270 g/mol. The lowest BCUT2D eigenvalue weighted by molar-refractivity contribution is -0.117. The summed E-state index contributed by atoms with van der Waals surface area (Å²) in [4.78, 5) is 13.2. The van der Waals surface area contributed by atoms with E-state index in [1.54, 1.807) is 13.8 Å². The maximum Gasteiger partial charge on any atom is 0.262 e. The molecule has 1 aromatic heterocycles. The quantitative estimate of drug-likeness (QED) is 0.760. The number of nitrogens with zero attached hydrogens (tertiary/aromatic N) is 2. The summed E-state index contributed by atoms with van der Waals surface area (Å²) in [6.45, 7) is 2.43. The highest BCUT2D eigenvalue weighted by Crippen LogP contribution is 2.31. The molecule has 3 N–H and O–H groups in total. The van der Waals surface area contributed by atoms with Crippen molar-refractivity contribution in [1.82, 2.24) is 15.1 Å². The molecule has 2 rings (SSSR count). The van der Waals surface area contributed by atoms with Crippen LogP contribution in [0, 0.1) is 13.8 Å². The van der Waals surface area contributed by atoms with Crippen molar-refractivity contribution in [3.63, 3.8) is 0 Å². The summed E-state index contributed by atoms with van der Waals surface area (Å²) in [6, 6.07) is -0.678. The van der Waals surface area contributed by atoms with Gasteiger partial charge in [-0.25, -0.2) is 8.78 Å². The molecule has 20 heavy (non-hydrogen) atoms.